The number of nitrogens with one attached hydrogen (secondary N) is 1. The van der Waals surface area contributed by atoms with E-state index in [1.807, 2.05) is 0 Å². The lowest BCUT2D eigenvalue weighted by molar-refractivity contribution is -0.127. The van der Waals surface area contributed by atoms with Crippen LogP contribution in [0.25, 0.3) is 0 Å². The predicted molar refractivity (Wildman–Crippen MR) is 82.4 cm³/mol. The molecule has 1 aliphatic heterocycles. The molecule has 1 aliphatic carbocycles. The highest BCUT2D eigenvalue weighted by atomic mass is 16.1. The average Bonchev–Trinajstić information content (AvgIpc) is 2.44. The molecule has 1 heterocycles. The number of hydrogen-bond donors (Lipinski definition) is 2. The molecule has 2 aliphatic rings. The zero-order chi connectivity index (χ0) is 14.6. The smallest absolute Gasteiger partial charge is 0.224 e. The number of carbonyl (C=O) groups is 1. The van der Waals surface area contributed by atoms with Gasteiger partial charge in [0.2, 0.25) is 5.91 Å². The number of carbonyl (C=O) groups excluding carboxylic acids is 1. The lowest BCUT2D eigenvalue weighted by atomic mass is 9.72. The summed E-state index contributed by atoms with van der Waals surface area (Å²) in [5.74, 6) is 0.363. The summed E-state index contributed by atoms with van der Waals surface area (Å²) in [6, 6.07) is 0.654. The molecule has 2 unspecified atom stereocenters. The maximum Gasteiger partial charge on any atom is 0.224 e. The van der Waals surface area contributed by atoms with Crippen molar-refractivity contribution in [3.8, 4) is 0 Å². The van der Waals surface area contributed by atoms with Crippen molar-refractivity contribution in [2.75, 3.05) is 26.2 Å². The molecule has 0 spiro atoms. The summed E-state index contributed by atoms with van der Waals surface area (Å²) in [6.45, 7) is 8.02. The Morgan fingerprint density at radius 1 is 1.30 bits per heavy atom. The molecule has 4 heteroatoms. The summed E-state index contributed by atoms with van der Waals surface area (Å²) in [5, 5.41) is 2.96. The zero-order valence-electron chi connectivity index (χ0n) is 13.2. The molecule has 0 aromatic rings. The van der Waals surface area contributed by atoms with E-state index in [4.69, 9.17) is 5.73 Å². The van der Waals surface area contributed by atoms with Gasteiger partial charge in [0.15, 0.2) is 0 Å². The zero-order valence-corrected chi connectivity index (χ0v) is 13.2. The average molecular weight is 281 g/mol. The van der Waals surface area contributed by atoms with E-state index in [9.17, 15) is 4.79 Å². The molecular formula is C16H31N3O. The first-order chi connectivity index (χ1) is 9.54. The minimum absolute atomic E-state index is 0.160. The molecule has 2 fully saturated rings. The van der Waals surface area contributed by atoms with Crippen LogP contribution in [0.4, 0.5) is 0 Å². The van der Waals surface area contributed by atoms with Gasteiger partial charge in [-0.3, -0.25) is 9.69 Å². The van der Waals surface area contributed by atoms with Gasteiger partial charge in [0.05, 0.1) is 5.92 Å². The van der Waals surface area contributed by atoms with Crippen molar-refractivity contribution < 1.29 is 4.79 Å². The predicted octanol–water partition coefficient (Wildman–Crippen LogP) is 1.74. The first-order valence-electron chi connectivity index (χ1n) is 8.26. The molecule has 0 radical (unpaired) electrons. The van der Waals surface area contributed by atoms with Crippen LogP contribution >= 0.6 is 0 Å². The highest BCUT2D eigenvalue weighted by molar-refractivity contribution is 5.78. The molecule has 0 aromatic carbocycles. The SMILES string of the molecule is CC1(C)CCCCC1N1CCCC(C(=O)NCCN)C1. The molecule has 1 saturated carbocycles. The highest BCUT2D eigenvalue weighted by Crippen LogP contribution is 2.40. The Labute approximate surface area is 123 Å². The topological polar surface area (TPSA) is 58.4 Å². The summed E-state index contributed by atoms with van der Waals surface area (Å²) < 4.78 is 0. The number of likely N-dealkylation sites (tertiary alicyclic amines) is 1. The van der Waals surface area contributed by atoms with Crippen molar-refractivity contribution in [3.05, 3.63) is 0 Å². The monoisotopic (exact) mass is 281 g/mol. The third kappa shape index (κ3) is 3.73. The fourth-order valence-electron chi connectivity index (χ4n) is 4.00. The van der Waals surface area contributed by atoms with Crippen LogP contribution in [0.5, 0.6) is 0 Å². The largest absolute Gasteiger partial charge is 0.355 e. The number of rotatable bonds is 4. The summed E-state index contributed by atoms with van der Waals surface area (Å²) in [7, 11) is 0. The number of nitrogens with zero attached hydrogens (tertiary/aromatic N) is 1. The van der Waals surface area contributed by atoms with E-state index in [-0.39, 0.29) is 11.8 Å². The summed E-state index contributed by atoms with van der Waals surface area (Å²) in [6.07, 6.45) is 7.49. The van der Waals surface area contributed by atoms with Gasteiger partial charge in [-0.25, -0.2) is 0 Å². The molecule has 3 N–H and O–H groups in total. The molecule has 2 atom stereocenters. The van der Waals surface area contributed by atoms with Gasteiger partial charge in [0, 0.05) is 25.7 Å². The van der Waals surface area contributed by atoms with Crippen molar-refractivity contribution in [2.45, 2.75) is 58.4 Å². The summed E-state index contributed by atoms with van der Waals surface area (Å²) >= 11 is 0. The maximum absolute atomic E-state index is 12.2. The van der Waals surface area contributed by atoms with E-state index < -0.39 is 0 Å². The van der Waals surface area contributed by atoms with Crippen LogP contribution in [0.3, 0.4) is 0 Å². The van der Waals surface area contributed by atoms with Gasteiger partial charge in [-0.1, -0.05) is 26.7 Å². The molecule has 0 bridgehead atoms. The van der Waals surface area contributed by atoms with Crippen molar-refractivity contribution in [1.29, 1.82) is 0 Å². The molecule has 1 amide bonds. The molecule has 4 nitrogen and oxygen atoms in total. The van der Waals surface area contributed by atoms with Crippen LogP contribution in [-0.4, -0.2) is 43.0 Å². The number of nitrogens with two attached hydrogens (primary N) is 1. The van der Waals surface area contributed by atoms with E-state index in [0.717, 1.165) is 25.9 Å². The van der Waals surface area contributed by atoms with Crippen molar-refractivity contribution >= 4 is 5.91 Å². The van der Waals surface area contributed by atoms with Crippen molar-refractivity contribution in [1.82, 2.24) is 10.2 Å². The molecule has 1 saturated heterocycles. The Kier molecular flexibility index (Phi) is 5.44. The Morgan fingerprint density at radius 2 is 2.10 bits per heavy atom. The van der Waals surface area contributed by atoms with E-state index in [1.165, 1.54) is 25.7 Å². The van der Waals surface area contributed by atoms with E-state index >= 15 is 0 Å². The maximum atomic E-state index is 12.2. The number of hydrogen-bond acceptors (Lipinski definition) is 3. The minimum Gasteiger partial charge on any atom is -0.355 e. The molecule has 20 heavy (non-hydrogen) atoms. The van der Waals surface area contributed by atoms with Gasteiger partial charge in [0.1, 0.15) is 0 Å². The normalized spacial score (nSPS) is 30.9. The van der Waals surface area contributed by atoms with Crippen LogP contribution in [0.15, 0.2) is 0 Å². The van der Waals surface area contributed by atoms with Gasteiger partial charge in [0.25, 0.3) is 0 Å². The van der Waals surface area contributed by atoms with Crippen LogP contribution < -0.4 is 11.1 Å². The highest BCUT2D eigenvalue weighted by Gasteiger charge is 2.38. The van der Waals surface area contributed by atoms with Crippen LogP contribution in [0, 0.1) is 11.3 Å². The first kappa shape index (κ1) is 15.8. The van der Waals surface area contributed by atoms with Gasteiger partial charge in [-0.05, 0) is 37.6 Å². The number of piperidine rings is 1. The lowest BCUT2D eigenvalue weighted by Gasteiger charge is -2.48. The third-order valence-electron chi connectivity index (χ3n) is 5.16. The van der Waals surface area contributed by atoms with Gasteiger partial charge < -0.3 is 11.1 Å². The summed E-state index contributed by atoms with van der Waals surface area (Å²) in [5.41, 5.74) is 5.86. The van der Waals surface area contributed by atoms with Crippen LogP contribution in [0.2, 0.25) is 0 Å². The first-order valence-corrected chi connectivity index (χ1v) is 8.26. The van der Waals surface area contributed by atoms with Gasteiger partial charge >= 0.3 is 0 Å². The second kappa shape index (κ2) is 6.90. The molecule has 2 rings (SSSR count). The fraction of sp³-hybridized carbons (Fsp3) is 0.938. The van der Waals surface area contributed by atoms with Crippen molar-refractivity contribution in [3.63, 3.8) is 0 Å². The van der Waals surface area contributed by atoms with Crippen LogP contribution in [0.1, 0.15) is 52.4 Å². The van der Waals surface area contributed by atoms with E-state index in [1.54, 1.807) is 0 Å². The second-order valence-corrected chi connectivity index (χ2v) is 7.16. The minimum atomic E-state index is 0.160. The van der Waals surface area contributed by atoms with Crippen molar-refractivity contribution in [2.24, 2.45) is 17.1 Å². The van der Waals surface area contributed by atoms with E-state index in [0.29, 0.717) is 24.5 Å². The Bertz CT molecular complexity index is 330. The summed E-state index contributed by atoms with van der Waals surface area (Å²) in [4.78, 5) is 14.7. The Morgan fingerprint density at radius 3 is 2.80 bits per heavy atom. The Hall–Kier alpha value is -0.610. The van der Waals surface area contributed by atoms with Gasteiger partial charge in [-0.2, -0.15) is 0 Å². The Balaban J connectivity index is 1.94. The molecule has 0 aromatic heterocycles. The number of amides is 1. The molecule has 116 valence electrons. The fourth-order valence-corrected chi connectivity index (χ4v) is 4.00. The van der Waals surface area contributed by atoms with Gasteiger partial charge in [-0.15, -0.1) is 0 Å². The van der Waals surface area contributed by atoms with Crippen LogP contribution in [-0.2, 0) is 4.79 Å². The second-order valence-electron chi connectivity index (χ2n) is 7.16. The van der Waals surface area contributed by atoms with E-state index in [2.05, 4.69) is 24.1 Å². The molecular weight excluding hydrogens is 250 g/mol. The third-order valence-corrected chi connectivity index (χ3v) is 5.16. The quantitative estimate of drug-likeness (QED) is 0.825. The lowest BCUT2D eigenvalue weighted by Crippen LogP contribution is -2.53. The standard InChI is InChI=1S/C16H31N3O/c1-16(2)8-4-3-7-14(16)19-11-5-6-13(12-19)15(20)18-10-9-17/h13-14H,3-12,17H2,1-2H3,(H,18,20).